The van der Waals surface area contributed by atoms with E-state index >= 15 is 0 Å². The predicted octanol–water partition coefficient (Wildman–Crippen LogP) is 2.77. The molecule has 9 heteroatoms. The Bertz CT molecular complexity index is 1010. The molecular formula is C19H17N3O4S2. The van der Waals surface area contributed by atoms with Gasteiger partial charge in [-0.2, -0.15) is 0 Å². The van der Waals surface area contributed by atoms with Crippen LogP contribution < -0.4 is 5.43 Å². The van der Waals surface area contributed by atoms with E-state index in [1.54, 1.807) is 35.0 Å². The van der Waals surface area contributed by atoms with Crippen LogP contribution in [0.1, 0.15) is 27.3 Å². The number of carboxylic acid groups (broad SMARTS) is 1. The van der Waals surface area contributed by atoms with Gasteiger partial charge in [0, 0.05) is 17.0 Å². The van der Waals surface area contributed by atoms with Crippen molar-refractivity contribution in [3.8, 4) is 0 Å². The summed E-state index contributed by atoms with van der Waals surface area (Å²) < 4.78 is 1.86. The van der Waals surface area contributed by atoms with Gasteiger partial charge in [0.05, 0.1) is 4.91 Å². The lowest BCUT2D eigenvalue weighted by Gasteiger charge is -2.11. The number of hydrogen-bond donors (Lipinski definition) is 2. The molecule has 0 saturated carbocycles. The van der Waals surface area contributed by atoms with Crippen molar-refractivity contribution in [2.75, 3.05) is 12.0 Å². The normalized spacial score (nSPS) is 15.4. The number of aliphatic carboxylic acids is 1. The molecule has 0 unspecified atom stereocenters. The van der Waals surface area contributed by atoms with Crippen molar-refractivity contribution in [3.05, 3.63) is 63.8 Å². The average molecular weight is 415 g/mol. The molecule has 0 spiro atoms. The summed E-state index contributed by atoms with van der Waals surface area (Å²) in [5.41, 5.74) is 5.64. The third-order valence-corrected chi connectivity index (χ3v) is 5.55. The van der Waals surface area contributed by atoms with Crippen LogP contribution in [0.5, 0.6) is 0 Å². The largest absolute Gasteiger partial charge is 0.480 e. The third-order valence-electron chi connectivity index (χ3n) is 4.17. The molecule has 1 aromatic heterocycles. The quantitative estimate of drug-likeness (QED) is 0.576. The van der Waals surface area contributed by atoms with Crippen LogP contribution >= 0.6 is 24.0 Å². The van der Waals surface area contributed by atoms with E-state index in [4.69, 9.17) is 17.3 Å². The number of amides is 2. The number of nitrogens with zero attached hydrogens (tertiary/aromatic N) is 2. The molecule has 2 amide bonds. The lowest BCUT2D eigenvalue weighted by atomic mass is 10.2. The number of aryl methyl sites for hydroxylation is 1. The number of carbonyl (C=O) groups is 3. The van der Waals surface area contributed by atoms with E-state index in [1.807, 2.05) is 26.0 Å². The standard InChI is InChI=1S/C19H17N3O4S2/c1-11-8-14(9-15-18(26)21(10-16(23)24)19(27)28-15)12(2)22(11)20-17(25)13-6-4-3-5-7-13/h3-9H,10H2,1-2H3,(H,20,25)(H,23,24)/b15-9+. The van der Waals surface area contributed by atoms with Gasteiger partial charge < -0.3 is 5.11 Å². The Kier molecular flexibility index (Phi) is 5.66. The second-order valence-electron chi connectivity index (χ2n) is 6.13. The number of thiocarbonyl (C=S) groups is 1. The lowest BCUT2D eigenvalue weighted by molar-refractivity contribution is -0.140. The molecule has 0 atom stereocenters. The summed E-state index contributed by atoms with van der Waals surface area (Å²) in [5.74, 6) is -1.81. The molecule has 7 nitrogen and oxygen atoms in total. The number of nitrogens with one attached hydrogen (secondary N) is 1. The zero-order chi connectivity index (χ0) is 20.4. The van der Waals surface area contributed by atoms with Crippen molar-refractivity contribution in [2.45, 2.75) is 13.8 Å². The van der Waals surface area contributed by atoms with Crippen LogP contribution in [0.2, 0.25) is 0 Å². The number of carbonyl (C=O) groups excluding carboxylic acids is 2. The first-order valence-electron chi connectivity index (χ1n) is 8.30. The summed E-state index contributed by atoms with van der Waals surface area (Å²) in [4.78, 5) is 37.2. The second kappa shape index (κ2) is 7.99. The highest BCUT2D eigenvalue weighted by molar-refractivity contribution is 8.26. The molecule has 1 aromatic carbocycles. The molecule has 1 saturated heterocycles. The topological polar surface area (TPSA) is 91.6 Å². The molecular weight excluding hydrogens is 398 g/mol. The van der Waals surface area contributed by atoms with Gasteiger partial charge >= 0.3 is 5.97 Å². The average Bonchev–Trinajstić information content (AvgIpc) is 3.07. The van der Waals surface area contributed by atoms with Crippen LogP contribution in [-0.4, -0.2) is 43.3 Å². The minimum Gasteiger partial charge on any atom is -0.480 e. The highest BCUT2D eigenvalue weighted by Crippen LogP contribution is 2.33. The molecule has 2 aromatic rings. The van der Waals surface area contributed by atoms with E-state index in [-0.39, 0.29) is 10.2 Å². The van der Waals surface area contributed by atoms with Gasteiger partial charge in [0.2, 0.25) is 0 Å². The van der Waals surface area contributed by atoms with Crippen molar-refractivity contribution < 1.29 is 19.5 Å². The van der Waals surface area contributed by atoms with Crippen LogP contribution in [0.4, 0.5) is 0 Å². The summed E-state index contributed by atoms with van der Waals surface area (Å²) in [7, 11) is 0. The Morgan fingerprint density at radius 3 is 2.57 bits per heavy atom. The molecule has 1 aliphatic heterocycles. The minimum absolute atomic E-state index is 0.213. The van der Waals surface area contributed by atoms with Gasteiger partial charge in [0.1, 0.15) is 10.9 Å². The molecule has 3 rings (SSSR count). The fourth-order valence-corrected chi connectivity index (χ4v) is 4.02. The first kappa shape index (κ1) is 19.8. The molecule has 0 aliphatic carbocycles. The highest BCUT2D eigenvalue weighted by atomic mass is 32.2. The van der Waals surface area contributed by atoms with Crippen molar-refractivity contribution >= 4 is 52.2 Å². The molecule has 144 valence electrons. The Morgan fingerprint density at radius 1 is 1.25 bits per heavy atom. The highest BCUT2D eigenvalue weighted by Gasteiger charge is 2.33. The van der Waals surface area contributed by atoms with Gasteiger partial charge in [-0.1, -0.05) is 42.2 Å². The monoisotopic (exact) mass is 415 g/mol. The minimum atomic E-state index is -1.13. The number of hydrogen-bond acceptors (Lipinski definition) is 5. The molecule has 0 bridgehead atoms. The second-order valence-corrected chi connectivity index (χ2v) is 7.81. The number of carboxylic acids is 1. The van der Waals surface area contributed by atoms with E-state index in [2.05, 4.69) is 5.43 Å². The van der Waals surface area contributed by atoms with Gasteiger partial charge in [0.25, 0.3) is 11.8 Å². The number of thioether (sulfide) groups is 1. The summed E-state index contributed by atoms with van der Waals surface area (Å²) in [6.45, 7) is 3.20. The van der Waals surface area contributed by atoms with E-state index in [1.165, 1.54) is 0 Å². The van der Waals surface area contributed by atoms with E-state index < -0.39 is 18.4 Å². The van der Waals surface area contributed by atoms with E-state index in [0.717, 1.165) is 33.6 Å². The van der Waals surface area contributed by atoms with Crippen molar-refractivity contribution in [1.82, 2.24) is 9.58 Å². The SMILES string of the molecule is Cc1cc(/C=C2/SC(=S)N(CC(=O)O)C2=O)c(C)n1NC(=O)c1ccccc1. The Hall–Kier alpha value is -2.91. The van der Waals surface area contributed by atoms with Crippen molar-refractivity contribution in [1.29, 1.82) is 0 Å². The first-order chi connectivity index (χ1) is 13.3. The molecule has 28 heavy (non-hydrogen) atoms. The number of rotatable bonds is 5. The number of benzene rings is 1. The Labute approximate surface area is 171 Å². The maximum atomic E-state index is 12.4. The summed E-state index contributed by atoms with van der Waals surface area (Å²) in [5, 5.41) is 8.92. The van der Waals surface area contributed by atoms with E-state index in [0.29, 0.717) is 10.5 Å². The van der Waals surface area contributed by atoms with Gasteiger partial charge in [-0.25, -0.2) is 0 Å². The lowest BCUT2D eigenvalue weighted by Crippen LogP contribution is -2.33. The first-order valence-corrected chi connectivity index (χ1v) is 9.53. The molecule has 1 fully saturated rings. The van der Waals surface area contributed by atoms with Crippen LogP contribution in [0, 0.1) is 13.8 Å². The van der Waals surface area contributed by atoms with E-state index in [9.17, 15) is 14.4 Å². The third kappa shape index (κ3) is 4.00. The van der Waals surface area contributed by atoms with Crippen LogP contribution in [0.15, 0.2) is 41.3 Å². The maximum absolute atomic E-state index is 12.4. The molecule has 1 aliphatic rings. The van der Waals surface area contributed by atoms with Gasteiger partial charge in [-0.15, -0.1) is 0 Å². The summed E-state index contributed by atoms with van der Waals surface area (Å²) in [6, 6.07) is 10.7. The van der Waals surface area contributed by atoms with Gasteiger partial charge in [-0.05, 0) is 43.7 Å². The molecule has 2 heterocycles. The Morgan fingerprint density at radius 2 is 1.93 bits per heavy atom. The number of aromatic nitrogens is 1. The smallest absolute Gasteiger partial charge is 0.323 e. The zero-order valence-electron chi connectivity index (χ0n) is 15.1. The maximum Gasteiger partial charge on any atom is 0.323 e. The van der Waals surface area contributed by atoms with Gasteiger partial charge in [0.15, 0.2) is 0 Å². The van der Waals surface area contributed by atoms with Gasteiger partial charge in [-0.3, -0.25) is 29.4 Å². The Balaban J connectivity index is 1.85. The van der Waals surface area contributed by atoms with Crippen LogP contribution in [0.25, 0.3) is 6.08 Å². The van der Waals surface area contributed by atoms with Crippen LogP contribution in [-0.2, 0) is 9.59 Å². The predicted molar refractivity (Wildman–Crippen MR) is 112 cm³/mol. The molecule has 2 N–H and O–H groups in total. The fourth-order valence-electron chi connectivity index (χ4n) is 2.77. The summed E-state index contributed by atoms with van der Waals surface area (Å²) in [6.07, 6.45) is 1.66. The van der Waals surface area contributed by atoms with Crippen molar-refractivity contribution in [3.63, 3.8) is 0 Å². The fraction of sp³-hybridized carbons (Fsp3) is 0.158. The van der Waals surface area contributed by atoms with Crippen LogP contribution in [0.3, 0.4) is 0 Å². The van der Waals surface area contributed by atoms with Crippen molar-refractivity contribution in [2.24, 2.45) is 0 Å². The zero-order valence-corrected chi connectivity index (χ0v) is 16.8. The molecule has 0 radical (unpaired) electrons. The summed E-state index contributed by atoms with van der Waals surface area (Å²) >= 11 is 6.17.